The number of phosphoric acid groups is 2. The molecular weight excluding hydrogens is 250 g/mol. The van der Waals surface area contributed by atoms with E-state index in [1.165, 1.54) is 0 Å². The maximum atomic E-state index is 9.63. The van der Waals surface area contributed by atoms with Crippen molar-refractivity contribution >= 4 is 15.6 Å². The molecule has 0 atom stereocenters. The number of hydrogen-bond donors (Lipinski definition) is 5. The standard InChI is InChI=1S/K.H3N.Na.H4O7P2.2H/c;;;1-8(2,3)7-9(4,5)6;;/h;1H3;;(H2,1,2,3)(H2,4,5,6);;/q+1;;+1;;2*-1. The van der Waals surface area contributed by atoms with Gasteiger partial charge in [-0.2, -0.15) is 4.31 Å². The maximum absolute atomic E-state index is 9.63. The molecule has 0 spiro atoms. The molecule has 0 saturated carbocycles. The van der Waals surface area contributed by atoms with Gasteiger partial charge in [0, 0.05) is 0 Å². The molecule has 0 aromatic rings. The molecule has 68 valence electrons. The molecule has 0 aliphatic rings. The SMILES string of the molecule is N.O=P(O)(O)OP(=O)(O)O.[H-].[H-].[K+].[Na+]. The van der Waals surface area contributed by atoms with E-state index in [1.54, 1.807) is 0 Å². The predicted molar refractivity (Wildman–Crippen MR) is 32.4 cm³/mol. The molecule has 0 radical (unpaired) electrons. The summed E-state index contributed by atoms with van der Waals surface area (Å²) >= 11 is 0. The second-order valence-electron chi connectivity index (χ2n) is 1.06. The van der Waals surface area contributed by atoms with Crippen LogP contribution in [0.4, 0.5) is 0 Å². The zero-order chi connectivity index (χ0) is 7.71. The largest absolute Gasteiger partial charge is 1.00 e. The molecule has 0 aliphatic heterocycles. The van der Waals surface area contributed by atoms with Gasteiger partial charge in [-0.15, -0.1) is 0 Å². The molecule has 0 fully saturated rings. The smallest absolute Gasteiger partial charge is 1.00 e. The van der Waals surface area contributed by atoms with Gasteiger partial charge in [0.1, 0.15) is 0 Å². The molecule has 0 aliphatic carbocycles. The maximum Gasteiger partial charge on any atom is 1.00 e. The van der Waals surface area contributed by atoms with Crippen LogP contribution < -0.4 is 87.1 Å². The van der Waals surface area contributed by atoms with Gasteiger partial charge in [-0.1, -0.05) is 0 Å². The van der Waals surface area contributed by atoms with Gasteiger partial charge < -0.3 is 28.6 Å². The monoisotopic (exact) mass is 259 g/mol. The molecule has 12 heavy (non-hydrogen) atoms. The van der Waals surface area contributed by atoms with Crippen LogP contribution in [0.1, 0.15) is 2.85 Å². The summed E-state index contributed by atoms with van der Waals surface area (Å²) in [7, 11) is -10.1. The van der Waals surface area contributed by atoms with Crippen LogP contribution in [0.15, 0.2) is 0 Å². The topological polar surface area (TPSA) is 159 Å². The fourth-order valence-electron chi connectivity index (χ4n) is 0.139. The van der Waals surface area contributed by atoms with Gasteiger partial charge in [0.15, 0.2) is 0 Å². The number of hydrogen-bond acceptors (Lipinski definition) is 4. The van der Waals surface area contributed by atoms with E-state index in [1.807, 2.05) is 0 Å². The molecule has 8 nitrogen and oxygen atoms in total. The quantitative estimate of drug-likeness (QED) is 0.242. The Hall–Kier alpha value is 2.86. The second kappa shape index (κ2) is 9.11. The minimum Gasteiger partial charge on any atom is -1.00 e. The van der Waals surface area contributed by atoms with Crippen molar-refractivity contribution in [1.82, 2.24) is 6.15 Å². The Morgan fingerprint density at radius 3 is 1.17 bits per heavy atom. The van der Waals surface area contributed by atoms with Crippen LogP contribution in [-0.2, 0) is 13.4 Å². The first kappa shape index (κ1) is 24.2. The van der Waals surface area contributed by atoms with E-state index < -0.39 is 15.6 Å². The van der Waals surface area contributed by atoms with Crippen LogP contribution in [-0.4, -0.2) is 19.6 Å². The molecule has 0 bridgehead atoms. The van der Waals surface area contributed by atoms with Crippen LogP contribution in [0, 0.1) is 0 Å². The Kier molecular flexibility index (Phi) is 18.4. The first-order valence-corrected chi connectivity index (χ1v) is 4.59. The van der Waals surface area contributed by atoms with E-state index in [-0.39, 0.29) is 89.9 Å². The van der Waals surface area contributed by atoms with E-state index >= 15 is 0 Å². The van der Waals surface area contributed by atoms with E-state index in [9.17, 15) is 9.13 Å². The van der Waals surface area contributed by atoms with Gasteiger partial charge in [-0.05, 0) is 0 Å². The predicted octanol–water partition coefficient (Wildman–Crippen LogP) is -6.42. The van der Waals surface area contributed by atoms with Crippen LogP contribution >= 0.6 is 15.6 Å². The number of rotatable bonds is 2. The van der Waals surface area contributed by atoms with Crippen molar-refractivity contribution in [3.8, 4) is 0 Å². The molecule has 0 aromatic heterocycles. The van der Waals surface area contributed by atoms with Crippen molar-refractivity contribution in [2.45, 2.75) is 0 Å². The van der Waals surface area contributed by atoms with Gasteiger partial charge in [-0.3, -0.25) is 0 Å². The van der Waals surface area contributed by atoms with Gasteiger partial charge in [0.2, 0.25) is 0 Å². The summed E-state index contributed by atoms with van der Waals surface area (Å²) in [6.07, 6.45) is 0. The second-order valence-corrected chi connectivity index (χ2v) is 3.68. The van der Waals surface area contributed by atoms with Crippen molar-refractivity contribution in [2.24, 2.45) is 0 Å². The summed E-state index contributed by atoms with van der Waals surface area (Å²) in [6, 6.07) is 0. The average molecular weight is 259 g/mol. The summed E-state index contributed by atoms with van der Waals surface area (Å²) in [6.45, 7) is 0. The first-order valence-electron chi connectivity index (χ1n) is 1.53. The summed E-state index contributed by atoms with van der Waals surface area (Å²) in [4.78, 5) is 31.0. The van der Waals surface area contributed by atoms with Crippen molar-refractivity contribution in [3.63, 3.8) is 0 Å². The van der Waals surface area contributed by atoms with Crippen LogP contribution in [0.5, 0.6) is 0 Å². The zero-order valence-electron chi connectivity index (χ0n) is 8.62. The van der Waals surface area contributed by atoms with E-state index in [0.717, 1.165) is 0 Å². The summed E-state index contributed by atoms with van der Waals surface area (Å²) in [5.74, 6) is 0. The summed E-state index contributed by atoms with van der Waals surface area (Å²) < 4.78 is 22.2. The van der Waals surface area contributed by atoms with Crippen molar-refractivity contribution in [2.75, 3.05) is 0 Å². The van der Waals surface area contributed by atoms with E-state index in [2.05, 4.69) is 4.31 Å². The Morgan fingerprint density at radius 1 is 1.00 bits per heavy atom. The molecule has 7 N–H and O–H groups in total. The third-order valence-corrected chi connectivity index (χ3v) is 1.91. The Morgan fingerprint density at radius 2 is 1.17 bits per heavy atom. The van der Waals surface area contributed by atoms with Crippen molar-refractivity contribution < 1.29 is 117 Å². The van der Waals surface area contributed by atoms with E-state index in [0.29, 0.717) is 0 Å². The molecule has 0 aromatic carbocycles. The molecule has 0 unspecified atom stereocenters. The molecular formula is H9KNNaO7P2. The third kappa shape index (κ3) is 23.0. The van der Waals surface area contributed by atoms with E-state index in [4.69, 9.17) is 19.6 Å². The summed E-state index contributed by atoms with van der Waals surface area (Å²) in [5.41, 5.74) is 0. The molecule has 0 amide bonds. The Balaban J connectivity index is -0.0000000320. The molecule has 0 heterocycles. The fourth-order valence-corrected chi connectivity index (χ4v) is 1.25. The normalized spacial score (nSPS) is 10.3. The Labute approximate surface area is 136 Å². The van der Waals surface area contributed by atoms with Gasteiger partial charge in [0.05, 0.1) is 0 Å². The molecule has 0 rings (SSSR count). The van der Waals surface area contributed by atoms with Gasteiger partial charge in [0.25, 0.3) is 0 Å². The van der Waals surface area contributed by atoms with Crippen LogP contribution in [0.25, 0.3) is 0 Å². The van der Waals surface area contributed by atoms with Crippen molar-refractivity contribution in [3.05, 3.63) is 0 Å². The molecule has 0 saturated heterocycles. The van der Waals surface area contributed by atoms with Crippen molar-refractivity contribution in [1.29, 1.82) is 0 Å². The molecule has 12 heteroatoms. The van der Waals surface area contributed by atoms with Crippen LogP contribution in [0.3, 0.4) is 0 Å². The Bertz CT molecular complexity index is 170. The zero-order valence-corrected chi connectivity index (χ0v) is 13.5. The fraction of sp³-hybridized carbons (Fsp3) is 0. The van der Waals surface area contributed by atoms with Gasteiger partial charge >= 0.3 is 96.6 Å². The van der Waals surface area contributed by atoms with Crippen LogP contribution in [0.2, 0.25) is 0 Å². The minimum atomic E-state index is -5.05. The average Bonchev–Trinajstić information content (AvgIpc) is 1.14. The van der Waals surface area contributed by atoms with Gasteiger partial charge in [-0.25, -0.2) is 9.13 Å². The first-order chi connectivity index (χ1) is 3.71. The third-order valence-electron chi connectivity index (χ3n) is 0.213. The minimum absolute atomic E-state index is 0. The summed E-state index contributed by atoms with van der Waals surface area (Å²) in [5, 5.41) is 0.